The number of anilines is 3. The standard InChI is InChI=1S/C26H30FN5O2.ClH/c1-19-18-34-16-15-32(19)25-17-24(28-26(29-25)20-7-9-21(27)10-8-20)31-13-11-30(12-14-31)22-5-3-4-6-23(22)33-2;/h3-10,17,19H,11-16,18H2,1-2H3;1H. The Hall–Kier alpha value is -3.10. The lowest BCUT2D eigenvalue weighted by Gasteiger charge is -2.38. The van der Waals surface area contributed by atoms with Crippen molar-refractivity contribution in [2.45, 2.75) is 13.0 Å². The first-order valence-corrected chi connectivity index (χ1v) is 11.7. The van der Waals surface area contributed by atoms with Gasteiger partial charge in [-0.2, -0.15) is 0 Å². The van der Waals surface area contributed by atoms with Gasteiger partial charge in [0.05, 0.1) is 32.1 Å². The molecule has 3 aromatic rings. The Labute approximate surface area is 211 Å². The third-order valence-electron chi connectivity index (χ3n) is 6.49. The largest absolute Gasteiger partial charge is 0.495 e. The Morgan fingerprint density at radius 1 is 0.914 bits per heavy atom. The Morgan fingerprint density at radius 2 is 1.60 bits per heavy atom. The maximum Gasteiger partial charge on any atom is 0.163 e. The van der Waals surface area contributed by atoms with E-state index in [1.807, 2.05) is 18.2 Å². The van der Waals surface area contributed by atoms with Gasteiger partial charge >= 0.3 is 0 Å². The molecule has 2 aliphatic rings. The van der Waals surface area contributed by atoms with Crippen LogP contribution in [0.25, 0.3) is 11.4 Å². The van der Waals surface area contributed by atoms with Crippen molar-refractivity contribution in [3.8, 4) is 17.1 Å². The number of piperazine rings is 1. The molecule has 1 aromatic heterocycles. The number of aromatic nitrogens is 2. The minimum Gasteiger partial charge on any atom is -0.495 e. The van der Waals surface area contributed by atoms with E-state index in [0.29, 0.717) is 19.0 Å². The summed E-state index contributed by atoms with van der Waals surface area (Å²) in [6.07, 6.45) is 0. The van der Waals surface area contributed by atoms with Crippen molar-refractivity contribution in [3.63, 3.8) is 0 Å². The van der Waals surface area contributed by atoms with Crippen molar-refractivity contribution in [3.05, 3.63) is 60.4 Å². The maximum atomic E-state index is 13.5. The predicted molar refractivity (Wildman–Crippen MR) is 140 cm³/mol. The SMILES string of the molecule is COc1ccccc1N1CCN(c2cc(N3CCOCC3C)nc(-c3ccc(F)cc3)n2)CC1.Cl. The highest BCUT2D eigenvalue weighted by Gasteiger charge is 2.25. The zero-order valence-corrected chi connectivity index (χ0v) is 20.9. The molecule has 0 aliphatic carbocycles. The van der Waals surface area contributed by atoms with Crippen LogP contribution in [0.1, 0.15) is 6.92 Å². The first-order chi connectivity index (χ1) is 16.6. The van der Waals surface area contributed by atoms with Gasteiger partial charge in [-0.25, -0.2) is 14.4 Å². The summed E-state index contributed by atoms with van der Waals surface area (Å²) < 4.78 is 24.7. The Bertz CT molecular complexity index is 1120. The first kappa shape index (κ1) is 25.0. The summed E-state index contributed by atoms with van der Waals surface area (Å²) >= 11 is 0. The molecule has 0 bridgehead atoms. The highest BCUT2D eigenvalue weighted by Crippen LogP contribution is 2.31. The molecule has 9 heteroatoms. The summed E-state index contributed by atoms with van der Waals surface area (Å²) in [7, 11) is 1.71. The molecular formula is C26H31ClFN5O2. The lowest BCUT2D eigenvalue weighted by atomic mass is 10.2. The average Bonchev–Trinajstić information content (AvgIpc) is 2.89. The van der Waals surface area contributed by atoms with Gasteiger partial charge in [0.1, 0.15) is 23.2 Å². The van der Waals surface area contributed by atoms with Crippen LogP contribution in [-0.4, -0.2) is 69.1 Å². The summed E-state index contributed by atoms with van der Waals surface area (Å²) in [5, 5.41) is 0. The highest BCUT2D eigenvalue weighted by atomic mass is 35.5. The molecule has 2 aromatic carbocycles. The van der Waals surface area contributed by atoms with Gasteiger partial charge in [-0.1, -0.05) is 12.1 Å². The van der Waals surface area contributed by atoms with Gasteiger partial charge in [-0.15, -0.1) is 12.4 Å². The van der Waals surface area contributed by atoms with E-state index in [0.717, 1.165) is 61.4 Å². The van der Waals surface area contributed by atoms with Crippen LogP contribution in [-0.2, 0) is 4.74 Å². The molecule has 35 heavy (non-hydrogen) atoms. The molecule has 2 saturated heterocycles. The second kappa shape index (κ2) is 11.1. The Balaban J connectivity index is 0.00000289. The number of para-hydroxylation sites is 2. The number of nitrogens with zero attached hydrogens (tertiary/aromatic N) is 5. The number of halogens is 2. The number of methoxy groups -OCH3 is 1. The van der Waals surface area contributed by atoms with Gasteiger partial charge in [0.25, 0.3) is 0 Å². The van der Waals surface area contributed by atoms with Crippen LogP contribution < -0.4 is 19.4 Å². The fourth-order valence-electron chi connectivity index (χ4n) is 4.59. The predicted octanol–water partition coefficient (Wildman–Crippen LogP) is 4.26. The summed E-state index contributed by atoms with van der Waals surface area (Å²) in [4.78, 5) is 16.7. The van der Waals surface area contributed by atoms with Crippen molar-refractivity contribution < 1.29 is 13.9 Å². The molecule has 0 amide bonds. The lowest BCUT2D eigenvalue weighted by molar-refractivity contribution is 0.0985. The molecule has 1 atom stereocenters. The second-order valence-electron chi connectivity index (χ2n) is 8.68. The van der Waals surface area contributed by atoms with Crippen LogP contribution in [0.2, 0.25) is 0 Å². The van der Waals surface area contributed by atoms with E-state index in [1.54, 1.807) is 19.2 Å². The minimum atomic E-state index is -0.269. The van der Waals surface area contributed by atoms with Gasteiger partial charge in [-0.3, -0.25) is 0 Å². The summed E-state index contributed by atoms with van der Waals surface area (Å²) in [5.74, 6) is 3.00. The number of benzene rings is 2. The van der Waals surface area contributed by atoms with Gasteiger partial charge in [0, 0.05) is 44.4 Å². The van der Waals surface area contributed by atoms with Gasteiger partial charge in [0.2, 0.25) is 0 Å². The Kier molecular flexibility index (Phi) is 7.93. The van der Waals surface area contributed by atoms with E-state index in [2.05, 4.69) is 33.8 Å². The normalized spacial score (nSPS) is 18.3. The quantitative estimate of drug-likeness (QED) is 0.519. The molecule has 186 valence electrons. The molecule has 3 heterocycles. The maximum absolute atomic E-state index is 13.5. The number of morpholine rings is 1. The van der Waals surface area contributed by atoms with Crippen LogP contribution >= 0.6 is 12.4 Å². The van der Waals surface area contributed by atoms with Crippen molar-refractivity contribution in [1.29, 1.82) is 0 Å². The molecule has 1 unspecified atom stereocenters. The van der Waals surface area contributed by atoms with E-state index < -0.39 is 0 Å². The van der Waals surface area contributed by atoms with E-state index in [-0.39, 0.29) is 24.3 Å². The molecule has 0 saturated carbocycles. The van der Waals surface area contributed by atoms with E-state index in [4.69, 9.17) is 19.4 Å². The minimum absolute atomic E-state index is 0. The average molecular weight is 500 g/mol. The first-order valence-electron chi connectivity index (χ1n) is 11.7. The van der Waals surface area contributed by atoms with Crippen molar-refractivity contribution in [2.75, 3.05) is 67.7 Å². The Morgan fingerprint density at radius 3 is 2.31 bits per heavy atom. The second-order valence-corrected chi connectivity index (χ2v) is 8.68. The van der Waals surface area contributed by atoms with Crippen LogP contribution in [0.5, 0.6) is 5.75 Å². The van der Waals surface area contributed by atoms with Crippen molar-refractivity contribution >= 4 is 29.7 Å². The number of hydrogen-bond donors (Lipinski definition) is 0. The topological polar surface area (TPSA) is 54.0 Å². The molecule has 0 spiro atoms. The molecule has 0 radical (unpaired) electrons. The van der Waals surface area contributed by atoms with E-state index in [1.165, 1.54) is 12.1 Å². The van der Waals surface area contributed by atoms with Crippen molar-refractivity contribution in [1.82, 2.24) is 9.97 Å². The van der Waals surface area contributed by atoms with Gasteiger partial charge in [-0.05, 0) is 43.3 Å². The third-order valence-corrected chi connectivity index (χ3v) is 6.49. The van der Waals surface area contributed by atoms with Gasteiger partial charge < -0.3 is 24.2 Å². The van der Waals surface area contributed by atoms with Crippen molar-refractivity contribution in [2.24, 2.45) is 0 Å². The van der Waals surface area contributed by atoms with Crippen LogP contribution in [0.4, 0.5) is 21.7 Å². The van der Waals surface area contributed by atoms with E-state index in [9.17, 15) is 4.39 Å². The molecule has 2 aliphatic heterocycles. The summed E-state index contributed by atoms with van der Waals surface area (Å²) in [6.45, 7) is 7.65. The molecule has 2 fully saturated rings. The molecule has 0 N–H and O–H groups in total. The fraction of sp³-hybridized carbons (Fsp3) is 0.385. The number of ether oxygens (including phenoxy) is 2. The lowest BCUT2D eigenvalue weighted by Crippen LogP contribution is -2.47. The molecule has 7 nitrogen and oxygen atoms in total. The summed E-state index contributed by atoms with van der Waals surface area (Å²) in [5.41, 5.74) is 1.92. The number of rotatable bonds is 5. The van der Waals surface area contributed by atoms with Crippen LogP contribution in [0.3, 0.4) is 0 Å². The summed E-state index contributed by atoms with van der Waals surface area (Å²) in [6, 6.07) is 16.8. The van der Waals surface area contributed by atoms with Crippen LogP contribution in [0, 0.1) is 5.82 Å². The zero-order valence-electron chi connectivity index (χ0n) is 20.1. The monoisotopic (exact) mass is 499 g/mol. The molecular weight excluding hydrogens is 469 g/mol. The smallest absolute Gasteiger partial charge is 0.163 e. The van der Waals surface area contributed by atoms with Crippen LogP contribution in [0.15, 0.2) is 54.6 Å². The molecule has 5 rings (SSSR count). The third kappa shape index (κ3) is 5.44. The highest BCUT2D eigenvalue weighted by molar-refractivity contribution is 5.85. The zero-order chi connectivity index (χ0) is 23.5. The van der Waals surface area contributed by atoms with E-state index >= 15 is 0 Å². The fourth-order valence-corrected chi connectivity index (χ4v) is 4.59. The number of hydrogen-bond acceptors (Lipinski definition) is 7. The van der Waals surface area contributed by atoms with Gasteiger partial charge in [0.15, 0.2) is 5.82 Å².